The van der Waals surface area contributed by atoms with E-state index in [1.54, 1.807) is 33.4 Å². The third-order valence-electron chi connectivity index (χ3n) is 25.7. The van der Waals surface area contributed by atoms with Crippen LogP contribution >= 0.6 is 47.8 Å². The van der Waals surface area contributed by atoms with E-state index in [0.29, 0.717) is 0 Å². The maximum Gasteiger partial charge on any atom is 0.0470 e. The van der Waals surface area contributed by atoms with Gasteiger partial charge in [-0.15, -0.1) is 0 Å². The number of nitrogens with one attached hydrogen (secondary N) is 2. The lowest BCUT2D eigenvalue weighted by atomic mass is 9.70. The molecule has 2 N–H and O–H groups in total. The van der Waals surface area contributed by atoms with Crippen molar-refractivity contribution < 1.29 is 0 Å². The Morgan fingerprint density at radius 2 is 0.390 bits per heavy atom. The Hall–Kier alpha value is -4.92. The van der Waals surface area contributed by atoms with Crippen molar-refractivity contribution in [1.29, 1.82) is 0 Å². The Kier molecular flexibility index (Phi) is 28.8. The molecule has 105 heavy (non-hydrogen) atoms. The first-order chi connectivity index (χ1) is 51.9. The minimum absolute atomic E-state index is 0.0476. The van der Waals surface area contributed by atoms with Crippen LogP contribution in [0.5, 0.6) is 0 Å². The summed E-state index contributed by atoms with van der Waals surface area (Å²) in [5, 5.41) is 0. The number of fused-ring (bicyclic) bond motifs is 11. The van der Waals surface area contributed by atoms with Gasteiger partial charge in [-0.3, -0.25) is 0 Å². The molecule has 0 aromatic heterocycles. The van der Waals surface area contributed by atoms with Gasteiger partial charge < -0.3 is 0 Å². The number of hydrogen-bond donors (Lipinski definition) is 2. The Balaban J connectivity index is 0.857. The van der Waals surface area contributed by atoms with Crippen LogP contribution in [-0.4, -0.2) is 0 Å². The van der Waals surface area contributed by atoms with Crippen molar-refractivity contribution in [3.05, 3.63) is 179 Å². The van der Waals surface area contributed by atoms with E-state index < -0.39 is 0 Å². The van der Waals surface area contributed by atoms with Gasteiger partial charge in [-0.05, 0) is 222 Å². The van der Waals surface area contributed by atoms with Crippen molar-refractivity contribution >= 4 is 47.8 Å². The largest absolute Gasteiger partial charge is 0.199 e. The lowest BCUT2D eigenvalue weighted by Gasteiger charge is -2.34. The first-order valence-electron chi connectivity index (χ1n) is 43.2. The lowest BCUT2D eigenvalue weighted by Crippen LogP contribution is -2.25. The molecule has 2 nitrogen and oxygen atoms in total. The van der Waals surface area contributed by atoms with E-state index in [1.807, 2.05) is 47.8 Å². The molecule has 2 heterocycles. The summed E-state index contributed by atoms with van der Waals surface area (Å²) < 4.78 is 7.58. The summed E-state index contributed by atoms with van der Waals surface area (Å²) in [6, 6.07) is 60.1. The smallest absolute Gasteiger partial charge is 0.0470 e. The lowest BCUT2D eigenvalue weighted by molar-refractivity contribution is 0.398. The Labute approximate surface area is 655 Å². The predicted molar refractivity (Wildman–Crippen MR) is 464 cm³/mol. The molecule has 0 spiro atoms. The van der Waals surface area contributed by atoms with Crippen LogP contribution in [-0.2, 0) is 16.2 Å². The minimum Gasteiger partial charge on any atom is -0.199 e. The van der Waals surface area contributed by atoms with Crippen molar-refractivity contribution in [1.82, 2.24) is 8.25 Å². The van der Waals surface area contributed by atoms with E-state index >= 15 is 0 Å². The summed E-state index contributed by atoms with van der Waals surface area (Å²) in [5.41, 5.74) is 29.3. The first-order valence-corrected chi connectivity index (χ1v) is 46.4. The first kappa shape index (κ1) is 78.2. The standard InChI is InChI=1S/C99H128N2S4/c1-7-13-19-25-31-41-63-97(64-42-32-26-20-14-8-2)87-49-39-37-47-81(87)83-55-51-73(69-89(83)97)77-59-61-79(95-93(77)102-100-104-95)75-53-57-85-86-58-54-76(72-92(86)99(91(85)71-75,67-45-35-29-23-17-11-5)68-46-36-30-24-18-12-6)80-62-60-78(94-96(80)105-101-103-94)74-52-56-84-82-48-38-40-50-88(82)98(90(84)70-74,65-43-33-27-21-15-9-3)66-44-34-28-22-16-10-4/h37-40,47-62,69-72,100-101H,7-36,41-46,63-68H2,1-6H3. The maximum atomic E-state index is 3.79. The van der Waals surface area contributed by atoms with Crippen LogP contribution in [0.2, 0.25) is 0 Å². The molecule has 0 amide bonds. The molecular formula is C99H128N2S4. The fourth-order valence-electron chi connectivity index (χ4n) is 20.0. The topological polar surface area (TPSA) is 24.1 Å². The molecule has 6 heteroatoms. The molecule has 0 fully saturated rings. The highest BCUT2D eigenvalue weighted by atomic mass is 32.2. The van der Waals surface area contributed by atoms with Gasteiger partial charge in [0.15, 0.2) is 0 Å². The second-order valence-corrected chi connectivity index (χ2v) is 36.5. The maximum absolute atomic E-state index is 3.79. The molecule has 0 saturated carbocycles. The predicted octanol–water partition coefficient (Wildman–Crippen LogP) is 32.9. The van der Waals surface area contributed by atoms with Gasteiger partial charge >= 0.3 is 0 Å². The molecular weight excluding hydrogens is 1350 g/mol. The van der Waals surface area contributed by atoms with Crippen LogP contribution in [0.25, 0.3) is 77.9 Å². The molecule has 5 aliphatic rings. The summed E-state index contributed by atoms with van der Waals surface area (Å²) in [6.07, 6.45) is 55.0. The second kappa shape index (κ2) is 38.6. The SMILES string of the molecule is CCCCCCCCC1(CCCCCCCC)c2ccccc2-c2ccc(-c3ccc(-c4ccc5c(c4)C(CCCCCCCC)(CCCCCCCC)c4cc(-c6ccc(-c7ccc8c(c7)C(CCCCCCCC)(CCCCCCCC)c7ccccc7-8)c7c6SNS7)ccc4-5)c4c3SNS4)cc21. The molecule has 0 radical (unpaired) electrons. The van der Waals surface area contributed by atoms with Gasteiger partial charge in [-0.25, -0.2) is 0 Å². The third kappa shape index (κ3) is 17.2. The summed E-state index contributed by atoms with van der Waals surface area (Å²) in [6.45, 7) is 14.1. The monoisotopic (exact) mass is 1470 g/mol. The zero-order valence-corrected chi connectivity index (χ0v) is 69.0. The van der Waals surface area contributed by atoms with Crippen LogP contribution in [0.4, 0.5) is 0 Å². The second-order valence-electron chi connectivity index (χ2n) is 32.7. The van der Waals surface area contributed by atoms with Gasteiger partial charge in [-0.1, -0.05) is 394 Å². The zero-order chi connectivity index (χ0) is 72.3. The number of unbranched alkanes of at least 4 members (excludes halogenated alkanes) is 30. The molecule has 8 aromatic carbocycles. The van der Waals surface area contributed by atoms with Gasteiger partial charge in [0, 0.05) is 35.8 Å². The van der Waals surface area contributed by atoms with Gasteiger partial charge in [0.1, 0.15) is 0 Å². The normalized spacial score (nSPS) is 15.0. The quantitative estimate of drug-likeness (QED) is 0.0291. The van der Waals surface area contributed by atoms with E-state index in [-0.39, 0.29) is 16.2 Å². The Morgan fingerprint density at radius 3 is 0.629 bits per heavy atom. The van der Waals surface area contributed by atoms with Crippen molar-refractivity contribution in [2.24, 2.45) is 0 Å². The van der Waals surface area contributed by atoms with Crippen LogP contribution < -0.4 is 8.25 Å². The Bertz CT molecular complexity index is 3840. The summed E-state index contributed by atoms with van der Waals surface area (Å²) in [4.78, 5) is 5.54. The minimum atomic E-state index is -0.0856. The summed E-state index contributed by atoms with van der Waals surface area (Å²) in [5.74, 6) is 0. The van der Waals surface area contributed by atoms with Crippen LogP contribution in [0.1, 0.15) is 345 Å². The third-order valence-corrected chi connectivity index (χ3v) is 29.8. The highest BCUT2D eigenvalue weighted by Gasteiger charge is 2.46. The molecule has 13 rings (SSSR count). The van der Waals surface area contributed by atoms with Gasteiger partial charge in [0.2, 0.25) is 0 Å². The van der Waals surface area contributed by atoms with E-state index in [4.69, 9.17) is 0 Å². The average molecular weight is 1470 g/mol. The van der Waals surface area contributed by atoms with E-state index in [0.717, 1.165) is 0 Å². The van der Waals surface area contributed by atoms with E-state index in [1.165, 1.54) is 367 Å². The number of hydrogen-bond acceptors (Lipinski definition) is 6. The van der Waals surface area contributed by atoms with Crippen molar-refractivity contribution in [2.45, 2.75) is 347 Å². The van der Waals surface area contributed by atoms with Crippen molar-refractivity contribution in [2.75, 3.05) is 0 Å². The van der Waals surface area contributed by atoms with Gasteiger partial charge in [-0.2, -0.15) is 8.25 Å². The van der Waals surface area contributed by atoms with E-state index in [9.17, 15) is 0 Å². The van der Waals surface area contributed by atoms with Crippen molar-refractivity contribution in [3.8, 4) is 77.9 Å². The number of rotatable bonds is 46. The average Bonchev–Trinajstić information content (AvgIpc) is 1.58. The van der Waals surface area contributed by atoms with Gasteiger partial charge in [0.25, 0.3) is 0 Å². The highest BCUT2D eigenvalue weighted by Crippen LogP contribution is 2.61. The fourth-order valence-corrected chi connectivity index (χ4v) is 24.1. The summed E-state index contributed by atoms with van der Waals surface area (Å²) in [7, 11) is 0. The molecule has 0 saturated heterocycles. The molecule has 558 valence electrons. The highest BCUT2D eigenvalue weighted by molar-refractivity contribution is 8.15. The van der Waals surface area contributed by atoms with Crippen LogP contribution in [0.3, 0.4) is 0 Å². The molecule has 0 atom stereocenters. The van der Waals surface area contributed by atoms with Crippen LogP contribution in [0.15, 0.2) is 165 Å². The molecule has 0 bridgehead atoms. The molecule has 3 aliphatic carbocycles. The van der Waals surface area contributed by atoms with E-state index in [2.05, 4.69) is 195 Å². The van der Waals surface area contributed by atoms with Crippen molar-refractivity contribution in [3.63, 3.8) is 0 Å². The zero-order valence-electron chi connectivity index (χ0n) is 65.7. The number of benzene rings is 8. The Morgan fingerprint density at radius 1 is 0.200 bits per heavy atom. The molecule has 0 unspecified atom stereocenters. The fraction of sp³-hybridized carbons (Fsp3) is 0.515. The molecule has 8 aromatic rings. The molecule has 2 aliphatic heterocycles. The summed E-state index contributed by atoms with van der Waals surface area (Å²) >= 11 is 7.37. The van der Waals surface area contributed by atoms with Crippen LogP contribution in [0, 0.1) is 0 Å². The van der Waals surface area contributed by atoms with Gasteiger partial charge in [0.05, 0.1) is 0 Å².